The fourth-order valence-corrected chi connectivity index (χ4v) is 5.27. The predicted molar refractivity (Wildman–Crippen MR) is 132 cm³/mol. The molecule has 2 aromatic heterocycles. The third kappa shape index (κ3) is 3.76. The van der Waals surface area contributed by atoms with E-state index in [0.29, 0.717) is 37.2 Å². The number of fused-ring (bicyclic) bond motifs is 2. The number of hydrogen-bond donors (Lipinski definition) is 1. The highest BCUT2D eigenvalue weighted by Gasteiger charge is 2.26. The number of halogens is 2. The van der Waals surface area contributed by atoms with Gasteiger partial charge in [0, 0.05) is 21.0 Å². The van der Waals surface area contributed by atoms with Crippen LogP contribution in [-0.2, 0) is 0 Å². The lowest BCUT2D eigenvalue weighted by Crippen LogP contribution is -2.13. The Hall–Kier alpha value is -3.32. The highest BCUT2D eigenvalue weighted by molar-refractivity contribution is 7.21. The van der Waals surface area contributed by atoms with Gasteiger partial charge in [-0.15, -0.1) is 11.3 Å². The molecule has 5 rings (SSSR count). The number of anilines is 1. The first-order chi connectivity index (χ1) is 16.0. The van der Waals surface area contributed by atoms with Gasteiger partial charge in [0.2, 0.25) is 5.78 Å². The van der Waals surface area contributed by atoms with Crippen molar-refractivity contribution < 1.29 is 18.7 Å². The topological polar surface area (TPSA) is 68.5 Å². The minimum atomic E-state index is -0.423. The van der Waals surface area contributed by atoms with Gasteiger partial charge in [-0.2, -0.15) is 0 Å². The van der Waals surface area contributed by atoms with Crippen LogP contribution in [-0.4, -0.2) is 18.8 Å². The lowest BCUT2D eigenvalue weighted by Gasteiger charge is -2.07. The summed E-state index contributed by atoms with van der Waals surface area (Å²) in [7, 11) is 1.49. The van der Waals surface area contributed by atoms with E-state index in [2.05, 4.69) is 5.32 Å². The largest absolute Gasteiger partial charge is 0.495 e. The summed E-state index contributed by atoms with van der Waals surface area (Å²) in [6, 6.07) is 19.3. The normalized spacial score (nSPS) is 11.1. The van der Waals surface area contributed by atoms with E-state index in [1.54, 1.807) is 36.4 Å². The summed E-state index contributed by atoms with van der Waals surface area (Å²) in [5.74, 6) is -0.392. The fraction of sp³-hybridized carbons (Fsp3) is 0.0400. The molecule has 1 amide bonds. The number of rotatable bonds is 5. The van der Waals surface area contributed by atoms with E-state index in [1.165, 1.54) is 24.5 Å². The first-order valence-corrected chi connectivity index (χ1v) is 11.4. The lowest BCUT2D eigenvalue weighted by molar-refractivity contribution is 0.101. The molecule has 0 aliphatic heterocycles. The Labute approximate surface area is 202 Å². The van der Waals surface area contributed by atoms with Crippen molar-refractivity contribution >= 4 is 73.0 Å². The Kier molecular flexibility index (Phi) is 5.58. The van der Waals surface area contributed by atoms with Gasteiger partial charge in [-0.1, -0.05) is 53.5 Å². The highest BCUT2D eigenvalue weighted by atomic mass is 35.5. The zero-order valence-corrected chi connectivity index (χ0v) is 19.5. The number of benzene rings is 3. The first kappa shape index (κ1) is 21.5. The zero-order chi connectivity index (χ0) is 23.1. The smallest absolute Gasteiger partial charge is 0.267 e. The van der Waals surface area contributed by atoms with Crippen LogP contribution < -0.4 is 10.1 Å². The fourth-order valence-electron chi connectivity index (χ4n) is 3.60. The molecule has 0 saturated carbocycles. The Morgan fingerprint density at radius 1 is 0.970 bits per heavy atom. The van der Waals surface area contributed by atoms with Gasteiger partial charge >= 0.3 is 0 Å². The van der Waals surface area contributed by atoms with Crippen LogP contribution in [0.1, 0.15) is 25.8 Å². The Bertz CT molecular complexity index is 1550. The van der Waals surface area contributed by atoms with Crippen LogP contribution in [0.2, 0.25) is 10.0 Å². The number of furan rings is 1. The number of thiophene rings is 1. The molecule has 0 bridgehead atoms. The molecule has 5 aromatic rings. The van der Waals surface area contributed by atoms with E-state index >= 15 is 0 Å². The van der Waals surface area contributed by atoms with Crippen LogP contribution >= 0.6 is 34.5 Å². The number of carbonyl (C=O) groups is 2. The van der Waals surface area contributed by atoms with E-state index in [-0.39, 0.29) is 11.4 Å². The zero-order valence-electron chi connectivity index (χ0n) is 17.1. The summed E-state index contributed by atoms with van der Waals surface area (Å²) >= 11 is 14.0. The maximum absolute atomic E-state index is 13.3. The molecular weight excluding hydrogens is 481 g/mol. The number of hydrogen-bond acceptors (Lipinski definition) is 5. The van der Waals surface area contributed by atoms with Gasteiger partial charge in [0.15, 0.2) is 5.76 Å². The van der Waals surface area contributed by atoms with Gasteiger partial charge in [0.1, 0.15) is 16.2 Å². The second-order valence-corrected chi connectivity index (χ2v) is 9.01. The van der Waals surface area contributed by atoms with Gasteiger partial charge in [0.25, 0.3) is 5.91 Å². The SMILES string of the molecule is COc1ccc(C(=O)c2oc3ccccc3c2NC(=O)c2sc3ccccc3c2Cl)cc1Cl. The average Bonchev–Trinajstić information content (AvgIpc) is 3.37. The monoisotopic (exact) mass is 495 g/mol. The third-order valence-electron chi connectivity index (χ3n) is 5.20. The van der Waals surface area contributed by atoms with E-state index in [0.717, 1.165) is 10.1 Å². The van der Waals surface area contributed by atoms with Gasteiger partial charge in [-0.3, -0.25) is 9.59 Å². The second-order valence-electron chi connectivity index (χ2n) is 7.18. The molecule has 164 valence electrons. The second kappa shape index (κ2) is 8.56. The van der Waals surface area contributed by atoms with Gasteiger partial charge in [0.05, 0.1) is 22.8 Å². The number of amides is 1. The molecule has 0 aliphatic rings. The average molecular weight is 496 g/mol. The minimum Gasteiger partial charge on any atom is -0.495 e. The number of carbonyl (C=O) groups excluding carboxylic acids is 2. The Balaban J connectivity index is 1.58. The number of methoxy groups -OCH3 is 1. The van der Waals surface area contributed by atoms with Crippen LogP contribution in [0.25, 0.3) is 21.1 Å². The van der Waals surface area contributed by atoms with Crippen LogP contribution in [0.3, 0.4) is 0 Å². The van der Waals surface area contributed by atoms with Crippen LogP contribution in [0.5, 0.6) is 5.75 Å². The Morgan fingerprint density at radius 3 is 2.42 bits per heavy atom. The summed E-state index contributed by atoms with van der Waals surface area (Å²) in [6.45, 7) is 0. The standard InChI is InChI=1S/C25H15Cl2NO4S/c1-31-18-11-10-13(12-16(18)26)22(29)23-21(14-6-2-4-8-17(14)32-23)28-25(30)24-20(27)15-7-3-5-9-19(15)33-24/h2-12H,1H3,(H,28,30). The van der Waals surface area contributed by atoms with Crippen molar-refractivity contribution in [2.24, 2.45) is 0 Å². The molecule has 0 atom stereocenters. The van der Waals surface area contributed by atoms with E-state index < -0.39 is 11.7 Å². The molecule has 3 aromatic carbocycles. The number of para-hydroxylation sites is 1. The van der Waals surface area contributed by atoms with Gasteiger partial charge in [-0.05, 0) is 36.4 Å². The number of ether oxygens (including phenoxy) is 1. The summed E-state index contributed by atoms with van der Waals surface area (Å²) in [4.78, 5) is 26.9. The molecule has 0 spiro atoms. The molecule has 0 radical (unpaired) electrons. The van der Waals surface area contributed by atoms with Crippen molar-refractivity contribution in [2.75, 3.05) is 12.4 Å². The Morgan fingerprint density at radius 2 is 1.70 bits per heavy atom. The van der Waals surface area contributed by atoms with Crippen molar-refractivity contribution in [3.8, 4) is 5.75 Å². The van der Waals surface area contributed by atoms with E-state index in [1.807, 2.05) is 24.3 Å². The van der Waals surface area contributed by atoms with Crippen molar-refractivity contribution in [3.63, 3.8) is 0 Å². The molecule has 8 heteroatoms. The molecule has 0 saturated heterocycles. The maximum Gasteiger partial charge on any atom is 0.267 e. The van der Waals surface area contributed by atoms with Crippen LogP contribution in [0, 0.1) is 0 Å². The van der Waals surface area contributed by atoms with Crippen LogP contribution in [0.15, 0.2) is 71.1 Å². The molecule has 2 heterocycles. The predicted octanol–water partition coefficient (Wildman–Crippen LogP) is 7.45. The van der Waals surface area contributed by atoms with E-state index in [9.17, 15) is 9.59 Å². The molecule has 5 nitrogen and oxygen atoms in total. The van der Waals surface area contributed by atoms with Gasteiger partial charge in [-0.25, -0.2) is 0 Å². The third-order valence-corrected chi connectivity index (χ3v) is 7.16. The number of nitrogens with one attached hydrogen (secondary N) is 1. The maximum atomic E-state index is 13.3. The molecule has 1 N–H and O–H groups in total. The molecule has 0 unspecified atom stereocenters. The minimum absolute atomic E-state index is 0.00279. The molecule has 0 fully saturated rings. The van der Waals surface area contributed by atoms with Crippen molar-refractivity contribution in [1.82, 2.24) is 0 Å². The molecular formula is C25H15Cl2NO4S. The lowest BCUT2D eigenvalue weighted by atomic mass is 10.1. The summed E-state index contributed by atoms with van der Waals surface area (Å²) in [6.07, 6.45) is 0. The van der Waals surface area contributed by atoms with Crippen molar-refractivity contribution in [1.29, 1.82) is 0 Å². The molecule has 0 aliphatic carbocycles. The number of ketones is 1. The highest BCUT2D eigenvalue weighted by Crippen LogP contribution is 2.38. The van der Waals surface area contributed by atoms with Crippen molar-refractivity contribution in [2.45, 2.75) is 0 Å². The first-order valence-electron chi connectivity index (χ1n) is 9.86. The summed E-state index contributed by atoms with van der Waals surface area (Å²) in [5, 5.41) is 4.92. The summed E-state index contributed by atoms with van der Waals surface area (Å²) in [5.41, 5.74) is 1.05. The quantitative estimate of drug-likeness (QED) is 0.257. The molecule has 33 heavy (non-hydrogen) atoms. The summed E-state index contributed by atoms with van der Waals surface area (Å²) < 4.78 is 11.9. The van der Waals surface area contributed by atoms with Crippen molar-refractivity contribution in [3.05, 3.63) is 93.0 Å². The van der Waals surface area contributed by atoms with E-state index in [4.69, 9.17) is 32.4 Å². The van der Waals surface area contributed by atoms with Gasteiger partial charge < -0.3 is 14.5 Å². The van der Waals surface area contributed by atoms with Crippen LogP contribution in [0.4, 0.5) is 5.69 Å².